The van der Waals surface area contributed by atoms with Crippen LogP contribution < -0.4 is 5.32 Å². The molecule has 1 amide bonds. The van der Waals surface area contributed by atoms with Gasteiger partial charge in [-0.05, 0) is 54.7 Å². The number of benzene rings is 1. The summed E-state index contributed by atoms with van der Waals surface area (Å²) in [4.78, 5) is 20.4. The molecule has 3 aromatic rings. The predicted octanol–water partition coefficient (Wildman–Crippen LogP) is 3.19. The van der Waals surface area contributed by atoms with Crippen LogP contribution in [0, 0.1) is 0 Å². The molecule has 0 radical (unpaired) electrons. The summed E-state index contributed by atoms with van der Waals surface area (Å²) in [5, 5.41) is 16.7. The molecule has 2 heterocycles. The number of hydrogen-bond donors (Lipinski definition) is 2. The molecule has 144 valence electrons. The number of carboxylic acid groups (broad SMARTS) is 1. The van der Waals surface area contributed by atoms with Gasteiger partial charge in [-0.1, -0.05) is 17.3 Å². The Labute approximate surface area is 162 Å². The third kappa shape index (κ3) is 3.55. The topological polar surface area (TPSA) is 88.7 Å². The van der Waals surface area contributed by atoms with Crippen LogP contribution in [-0.2, 0) is 24.2 Å². The number of amides is 1. The van der Waals surface area contributed by atoms with Crippen molar-refractivity contribution >= 4 is 23.2 Å². The number of nitrogens with one attached hydrogen (secondary N) is 1. The Bertz CT molecular complexity index is 1030. The summed E-state index contributed by atoms with van der Waals surface area (Å²) >= 11 is 0. The smallest absolute Gasteiger partial charge is 0.404 e. The number of hydrogen-bond acceptors (Lipinski definition) is 4. The Morgan fingerprint density at radius 1 is 1.43 bits per heavy atom. The molecule has 1 aliphatic rings. The summed E-state index contributed by atoms with van der Waals surface area (Å²) < 4.78 is 2.31. The maximum Gasteiger partial charge on any atom is 0.404 e. The van der Waals surface area contributed by atoms with Crippen LogP contribution in [0.1, 0.15) is 28.9 Å². The van der Waals surface area contributed by atoms with Crippen molar-refractivity contribution < 1.29 is 14.7 Å². The Morgan fingerprint density at radius 3 is 3.07 bits per heavy atom. The fourth-order valence-electron chi connectivity index (χ4n) is 3.99. The van der Waals surface area contributed by atoms with E-state index in [0.717, 1.165) is 35.0 Å². The Morgan fingerprint density at radius 2 is 2.32 bits per heavy atom. The minimum atomic E-state index is -0.974. The molecule has 1 atom stereocenters. The summed E-state index contributed by atoms with van der Waals surface area (Å²) in [5.41, 5.74) is 5.52. The highest BCUT2D eigenvalue weighted by Gasteiger charge is 2.26. The maximum absolute atomic E-state index is 11.1. The zero-order valence-electron chi connectivity index (χ0n) is 15.6. The van der Waals surface area contributed by atoms with Crippen molar-refractivity contribution in [3.8, 4) is 0 Å². The van der Waals surface area contributed by atoms with E-state index in [1.807, 2.05) is 24.3 Å². The zero-order chi connectivity index (χ0) is 19.5. The van der Waals surface area contributed by atoms with Crippen molar-refractivity contribution in [1.82, 2.24) is 14.9 Å². The van der Waals surface area contributed by atoms with E-state index in [2.05, 4.69) is 32.2 Å². The normalized spacial score (nSPS) is 16.2. The number of fused-ring (bicyclic) bond motifs is 3. The summed E-state index contributed by atoms with van der Waals surface area (Å²) in [6, 6.07) is 12.0. The molecule has 7 heteroatoms. The van der Waals surface area contributed by atoms with E-state index in [0.29, 0.717) is 13.0 Å². The zero-order valence-corrected chi connectivity index (χ0v) is 15.6. The highest BCUT2D eigenvalue weighted by Crippen LogP contribution is 2.33. The van der Waals surface area contributed by atoms with Crippen molar-refractivity contribution in [2.45, 2.75) is 31.8 Å². The molecule has 4 rings (SSSR count). The van der Waals surface area contributed by atoms with Gasteiger partial charge in [-0.2, -0.15) is 0 Å². The highest BCUT2D eigenvalue weighted by molar-refractivity contribution is 5.92. The lowest BCUT2D eigenvalue weighted by atomic mass is 9.91. The molecular formula is C21H22N4O3. The fraction of sp³-hybridized carbons (Fsp3) is 0.286. The molecule has 28 heavy (non-hydrogen) atoms. The number of aromatic nitrogens is 2. The van der Waals surface area contributed by atoms with Gasteiger partial charge in [-0.25, -0.2) is 4.79 Å². The number of rotatable bonds is 5. The first-order valence-electron chi connectivity index (χ1n) is 9.25. The fourth-order valence-corrected chi connectivity index (χ4v) is 3.99. The molecule has 2 aromatic heterocycles. The second-order valence-corrected chi connectivity index (χ2v) is 6.92. The molecule has 0 spiro atoms. The standard InChI is InChI=1S/C21H22N4O3/c1-28-23-12-14-5-7-19-17(10-14)18-11-15(24-21(26)27)6-8-20(18)25(19)13-16-4-2-3-9-22-16/h2-5,7,9-10,12,15,24H,6,8,11,13H2,1H3,(H,26,27)/t15-/m1/s1. The van der Waals surface area contributed by atoms with E-state index >= 15 is 0 Å². The lowest BCUT2D eigenvalue weighted by molar-refractivity contribution is 0.188. The third-order valence-corrected chi connectivity index (χ3v) is 5.17. The summed E-state index contributed by atoms with van der Waals surface area (Å²) in [6.45, 7) is 0.690. The quantitative estimate of drug-likeness (QED) is 0.527. The van der Waals surface area contributed by atoms with Crippen LogP contribution in [0.4, 0.5) is 4.79 Å². The molecular weight excluding hydrogens is 356 g/mol. The largest absolute Gasteiger partial charge is 0.465 e. The van der Waals surface area contributed by atoms with Gasteiger partial charge in [0.05, 0.1) is 18.5 Å². The lowest BCUT2D eigenvalue weighted by Crippen LogP contribution is -2.38. The van der Waals surface area contributed by atoms with Crippen LogP contribution in [-0.4, -0.2) is 40.1 Å². The molecule has 0 unspecified atom stereocenters. The number of carbonyl (C=O) groups is 1. The van der Waals surface area contributed by atoms with E-state index in [-0.39, 0.29) is 6.04 Å². The monoisotopic (exact) mass is 378 g/mol. The Kier molecular flexibility index (Phi) is 4.97. The van der Waals surface area contributed by atoms with E-state index in [9.17, 15) is 4.79 Å². The van der Waals surface area contributed by atoms with Crippen molar-refractivity contribution in [2.75, 3.05) is 7.11 Å². The van der Waals surface area contributed by atoms with E-state index in [1.54, 1.807) is 12.4 Å². The van der Waals surface area contributed by atoms with Crippen LogP contribution in [0.25, 0.3) is 10.9 Å². The van der Waals surface area contributed by atoms with Gasteiger partial charge in [0.25, 0.3) is 0 Å². The van der Waals surface area contributed by atoms with Crippen LogP contribution in [0.15, 0.2) is 47.8 Å². The van der Waals surface area contributed by atoms with Gasteiger partial charge in [-0.3, -0.25) is 4.98 Å². The Hall–Kier alpha value is -3.35. The number of nitrogens with zero attached hydrogens (tertiary/aromatic N) is 3. The molecule has 0 aliphatic heterocycles. The number of pyridine rings is 1. The van der Waals surface area contributed by atoms with Gasteiger partial charge in [0, 0.05) is 28.8 Å². The van der Waals surface area contributed by atoms with Gasteiger partial charge in [-0.15, -0.1) is 0 Å². The molecule has 7 nitrogen and oxygen atoms in total. The van der Waals surface area contributed by atoms with Crippen molar-refractivity contribution in [3.05, 3.63) is 65.1 Å². The second kappa shape index (κ2) is 7.72. The molecule has 1 aliphatic carbocycles. The number of oxime groups is 1. The molecule has 1 aromatic carbocycles. The van der Waals surface area contributed by atoms with Crippen molar-refractivity contribution in [3.63, 3.8) is 0 Å². The molecule has 2 N–H and O–H groups in total. The van der Waals surface area contributed by atoms with Gasteiger partial charge in [0.2, 0.25) is 0 Å². The minimum Gasteiger partial charge on any atom is -0.465 e. The lowest BCUT2D eigenvalue weighted by Gasteiger charge is -2.24. The van der Waals surface area contributed by atoms with Crippen molar-refractivity contribution in [2.24, 2.45) is 5.16 Å². The Balaban J connectivity index is 1.80. The molecule has 0 saturated heterocycles. The highest BCUT2D eigenvalue weighted by atomic mass is 16.6. The van der Waals surface area contributed by atoms with E-state index < -0.39 is 6.09 Å². The van der Waals surface area contributed by atoms with E-state index in [1.165, 1.54) is 18.4 Å². The molecule has 0 saturated carbocycles. The minimum absolute atomic E-state index is 0.0739. The summed E-state index contributed by atoms with van der Waals surface area (Å²) in [6.07, 6.45) is 4.80. The first-order chi connectivity index (χ1) is 13.7. The van der Waals surface area contributed by atoms with Crippen LogP contribution in [0.3, 0.4) is 0 Å². The van der Waals surface area contributed by atoms with Gasteiger partial charge in [0.1, 0.15) is 7.11 Å². The molecule has 0 fully saturated rings. The van der Waals surface area contributed by atoms with E-state index in [4.69, 9.17) is 9.94 Å². The summed E-state index contributed by atoms with van der Waals surface area (Å²) in [7, 11) is 1.52. The van der Waals surface area contributed by atoms with Gasteiger partial charge < -0.3 is 19.8 Å². The average molecular weight is 378 g/mol. The maximum atomic E-state index is 11.1. The SMILES string of the molecule is CON=Cc1ccc2c(c1)c1c(n2Cc2ccccn2)CC[C@@H](NC(=O)O)C1. The van der Waals surface area contributed by atoms with Crippen molar-refractivity contribution in [1.29, 1.82) is 0 Å². The predicted molar refractivity (Wildman–Crippen MR) is 107 cm³/mol. The van der Waals surface area contributed by atoms with Crippen LogP contribution in [0.2, 0.25) is 0 Å². The first kappa shape index (κ1) is 18.0. The van der Waals surface area contributed by atoms with Crippen LogP contribution >= 0.6 is 0 Å². The molecule has 0 bridgehead atoms. The second-order valence-electron chi connectivity index (χ2n) is 6.92. The van der Waals surface area contributed by atoms with Gasteiger partial charge in [0.15, 0.2) is 0 Å². The summed E-state index contributed by atoms with van der Waals surface area (Å²) in [5.74, 6) is 0. The van der Waals surface area contributed by atoms with Gasteiger partial charge >= 0.3 is 6.09 Å². The first-order valence-corrected chi connectivity index (χ1v) is 9.25. The van der Waals surface area contributed by atoms with Crippen LogP contribution in [0.5, 0.6) is 0 Å². The third-order valence-electron chi connectivity index (χ3n) is 5.17. The average Bonchev–Trinajstić information content (AvgIpc) is 2.99.